The van der Waals surface area contributed by atoms with Gasteiger partial charge >= 0.3 is 0 Å². The molecule has 1 fully saturated rings. The van der Waals surface area contributed by atoms with Gasteiger partial charge in [0.25, 0.3) is 0 Å². The molecule has 0 radical (unpaired) electrons. The van der Waals surface area contributed by atoms with Gasteiger partial charge in [-0.15, -0.1) is 23.1 Å². The molecule has 5 unspecified atom stereocenters. The monoisotopic (exact) mass is 812 g/mol. The summed E-state index contributed by atoms with van der Waals surface area (Å²) in [6.45, 7) is 4.71. The lowest BCUT2D eigenvalue weighted by Gasteiger charge is -2.35. The fourth-order valence-electron chi connectivity index (χ4n) is 11.3. The number of nitrogens with zero attached hydrogens (tertiary/aromatic N) is 2. The largest absolute Gasteiger partial charge is 0.454 e. The summed E-state index contributed by atoms with van der Waals surface area (Å²) < 4.78 is 8.19. The smallest absolute Gasteiger partial charge is 0.159 e. The highest BCUT2D eigenvalue weighted by Crippen LogP contribution is 2.61. The van der Waals surface area contributed by atoms with E-state index in [-0.39, 0.29) is 11.5 Å². The highest BCUT2D eigenvalue weighted by molar-refractivity contribution is 8.00. The number of rotatable bonds is 5. The molecule has 0 spiro atoms. The molecule has 292 valence electrons. The Balaban J connectivity index is 0.901. The molecular formula is C55H44N2OS2. The Labute approximate surface area is 359 Å². The maximum atomic E-state index is 6.73. The second kappa shape index (κ2) is 13.1. The third-order valence-corrected chi connectivity index (χ3v) is 17.1. The van der Waals surface area contributed by atoms with Gasteiger partial charge in [0, 0.05) is 53.4 Å². The van der Waals surface area contributed by atoms with Gasteiger partial charge in [0.2, 0.25) is 0 Å². The molecule has 6 aliphatic rings. The molecule has 1 saturated heterocycles. The SMILES string of the molecule is CC1(C)c2ccccc2-c2cc(C3=CCC(N(c4ccc(N5c6c(sc7c6=CCCC=7)C6SC7C=CC=CC7C65)cc4)c4cccc5c4oc4ccccc45)C=C3)ccc21. The molecule has 0 N–H and O–H groups in total. The van der Waals surface area contributed by atoms with Crippen LogP contribution in [0.25, 0.3) is 50.8 Å². The number of benzene rings is 5. The minimum absolute atomic E-state index is 0.00173. The van der Waals surface area contributed by atoms with E-state index in [0.717, 1.165) is 52.6 Å². The maximum Gasteiger partial charge on any atom is 0.159 e. The minimum Gasteiger partial charge on any atom is -0.454 e. The first-order valence-electron chi connectivity index (χ1n) is 21.6. The third-order valence-electron chi connectivity index (χ3n) is 14.1. The van der Waals surface area contributed by atoms with Crippen LogP contribution >= 0.6 is 23.1 Å². The van der Waals surface area contributed by atoms with Crippen LogP contribution in [0.3, 0.4) is 0 Å². The second-order valence-corrected chi connectivity index (χ2v) is 20.1. The predicted molar refractivity (Wildman–Crippen MR) is 255 cm³/mol. The number of furan rings is 1. The van der Waals surface area contributed by atoms with E-state index in [0.29, 0.717) is 22.5 Å². The minimum atomic E-state index is 0.00173. The molecule has 60 heavy (non-hydrogen) atoms. The van der Waals surface area contributed by atoms with Crippen LogP contribution in [-0.4, -0.2) is 17.3 Å². The summed E-state index contributed by atoms with van der Waals surface area (Å²) in [6, 6.07) is 41.1. The van der Waals surface area contributed by atoms with Crippen LogP contribution in [0, 0.1) is 5.92 Å². The maximum absolute atomic E-state index is 6.73. The number of thiophene rings is 1. The van der Waals surface area contributed by atoms with Crippen molar-refractivity contribution in [2.24, 2.45) is 5.92 Å². The average Bonchev–Trinajstić information content (AvgIpc) is 4.09. The summed E-state index contributed by atoms with van der Waals surface area (Å²) in [5, 5.41) is 4.75. The summed E-state index contributed by atoms with van der Waals surface area (Å²) >= 11 is 4.21. The van der Waals surface area contributed by atoms with Crippen LogP contribution in [-0.2, 0) is 5.41 Å². The van der Waals surface area contributed by atoms with Crippen molar-refractivity contribution in [2.75, 3.05) is 9.80 Å². The predicted octanol–water partition coefficient (Wildman–Crippen LogP) is 13.3. The lowest BCUT2D eigenvalue weighted by Crippen LogP contribution is -2.38. The van der Waals surface area contributed by atoms with E-state index in [9.17, 15) is 0 Å². The first-order chi connectivity index (χ1) is 29.5. The lowest BCUT2D eigenvalue weighted by atomic mass is 9.82. The van der Waals surface area contributed by atoms with Gasteiger partial charge in [0.1, 0.15) is 5.58 Å². The summed E-state index contributed by atoms with van der Waals surface area (Å²) in [7, 11) is 0. The Morgan fingerprint density at radius 3 is 2.47 bits per heavy atom. The van der Waals surface area contributed by atoms with Crippen LogP contribution < -0.4 is 19.6 Å². The van der Waals surface area contributed by atoms with Gasteiger partial charge in [-0.3, -0.25) is 0 Å². The number of anilines is 4. The highest BCUT2D eigenvalue weighted by Gasteiger charge is 2.53. The molecule has 4 heterocycles. The molecule has 0 bridgehead atoms. The highest BCUT2D eigenvalue weighted by atomic mass is 32.2. The molecule has 13 rings (SSSR count). The fraction of sp³-hybridized carbons (Fsp3) is 0.200. The van der Waals surface area contributed by atoms with Gasteiger partial charge in [-0.25, -0.2) is 0 Å². The van der Waals surface area contributed by atoms with E-state index >= 15 is 0 Å². The van der Waals surface area contributed by atoms with Crippen molar-refractivity contribution in [1.29, 1.82) is 0 Å². The zero-order valence-corrected chi connectivity index (χ0v) is 35.3. The summed E-state index contributed by atoms with van der Waals surface area (Å²) in [4.78, 5) is 6.81. The van der Waals surface area contributed by atoms with E-state index in [1.165, 1.54) is 54.5 Å². The van der Waals surface area contributed by atoms with E-state index in [1.54, 1.807) is 4.88 Å². The topological polar surface area (TPSA) is 19.6 Å². The van der Waals surface area contributed by atoms with Crippen molar-refractivity contribution < 1.29 is 4.42 Å². The van der Waals surface area contributed by atoms with Crippen molar-refractivity contribution in [2.45, 2.75) is 61.1 Å². The van der Waals surface area contributed by atoms with Crippen LogP contribution in [0.5, 0.6) is 0 Å². The van der Waals surface area contributed by atoms with Crippen molar-refractivity contribution in [3.8, 4) is 11.1 Å². The summed E-state index contributed by atoms with van der Waals surface area (Å²) in [5.41, 5.74) is 14.9. The number of para-hydroxylation sites is 2. The van der Waals surface area contributed by atoms with Crippen LogP contribution in [0.15, 0.2) is 156 Å². The first-order valence-corrected chi connectivity index (χ1v) is 23.3. The number of hydrogen-bond donors (Lipinski definition) is 0. The van der Waals surface area contributed by atoms with Gasteiger partial charge in [0.15, 0.2) is 5.58 Å². The van der Waals surface area contributed by atoms with Crippen LogP contribution in [0.2, 0.25) is 0 Å². The van der Waals surface area contributed by atoms with Crippen molar-refractivity contribution in [3.05, 3.63) is 183 Å². The molecule has 5 atom stereocenters. The van der Waals surface area contributed by atoms with Gasteiger partial charge < -0.3 is 14.2 Å². The Kier molecular flexibility index (Phi) is 7.67. The number of allylic oxidation sites excluding steroid dienone is 4. The molecule has 4 aliphatic carbocycles. The molecule has 5 heteroatoms. The van der Waals surface area contributed by atoms with Crippen LogP contribution in [0.4, 0.5) is 22.7 Å². The molecule has 2 aliphatic heterocycles. The van der Waals surface area contributed by atoms with Crippen molar-refractivity contribution in [3.63, 3.8) is 0 Å². The third kappa shape index (κ3) is 5.03. The van der Waals surface area contributed by atoms with Gasteiger partial charge in [0.05, 0.1) is 28.7 Å². The van der Waals surface area contributed by atoms with Crippen molar-refractivity contribution in [1.82, 2.24) is 0 Å². The molecular weight excluding hydrogens is 769 g/mol. The molecule has 2 aromatic heterocycles. The number of fused-ring (bicyclic) bond motifs is 13. The van der Waals surface area contributed by atoms with Crippen LogP contribution in [0.1, 0.15) is 59.9 Å². The Bertz CT molecular complexity index is 3190. The van der Waals surface area contributed by atoms with Gasteiger partial charge in [-0.1, -0.05) is 135 Å². The van der Waals surface area contributed by atoms with E-state index in [2.05, 4.69) is 199 Å². The first kappa shape index (κ1) is 35.0. The average molecular weight is 813 g/mol. The molecule has 0 saturated carbocycles. The second-order valence-electron chi connectivity index (χ2n) is 17.7. The summed E-state index contributed by atoms with van der Waals surface area (Å²) in [6.07, 6.45) is 24.7. The standard InChI is InChI=1S/C55H44N2OS2/c1-55(2)44-17-7-3-12-38(44)43-32-34(24-31-45(43)55)33-22-25-35(26-23-33)56(46-18-11-16-40-39-13-4-8-19-47(39)58-52(40)46)36-27-29-37(30-28-36)57-50-41-14-5-9-20-48(41)59-53(50)54-51(57)42-15-6-10-21-49(42)60-54/h3-5,7-9,11-25,27-32,35,41,48,50,53H,6,10,26H2,1-2H3. The van der Waals surface area contributed by atoms with Crippen molar-refractivity contribution >= 4 is 85.5 Å². The lowest BCUT2D eigenvalue weighted by molar-refractivity contribution is 0.545. The zero-order chi connectivity index (χ0) is 39.7. The number of thioether (sulfide) groups is 1. The quantitative estimate of drug-likeness (QED) is 0.172. The summed E-state index contributed by atoms with van der Waals surface area (Å²) in [5.74, 6) is 0.481. The Hall–Kier alpha value is -5.75. The van der Waals surface area contributed by atoms with E-state index in [4.69, 9.17) is 4.42 Å². The van der Waals surface area contributed by atoms with E-state index in [1.807, 2.05) is 11.3 Å². The Morgan fingerprint density at radius 2 is 1.57 bits per heavy atom. The van der Waals surface area contributed by atoms with Gasteiger partial charge in [-0.05, 0) is 95.1 Å². The van der Waals surface area contributed by atoms with Gasteiger partial charge in [-0.2, -0.15) is 0 Å². The normalized spacial score (nSPS) is 23.7. The molecule has 7 aromatic rings. The Morgan fingerprint density at radius 1 is 0.750 bits per heavy atom. The molecule has 3 nitrogen and oxygen atoms in total. The van der Waals surface area contributed by atoms with E-state index < -0.39 is 0 Å². The zero-order valence-electron chi connectivity index (χ0n) is 33.7. The molecule has 5 aromatic carbocycles. The fourth-order valence-corrected chi connectivity index (χ4v) is 14.5. The number of hydrogen-bond acceptors (Lipinski definition) is 5. The molecule has 0 amide bonds.